The van der Waals surface area contributed by atoms with Crippen molar-refractivity contribution in [3.05, 3.63) is 0 Å². The summed E-state index contributed by atoms with van der Waals surface area (Å²) < 4.78 is 26.3. The zero-order chi connectivity index (χ0) is 16.9. The van der Waals surface area contributed by atoms with Crippen molar-refractivity contribution in [3.63, 3.8) is 0 Å². The molecule has 0 spiro atoms. The summed E-state index contributed by atoms with van der Waals surface area (Å²) >= 11 is 0. The van der Waals surface area contributed by atoms with Crippen LogP contribution < -0.4 is 10.6 Å². The molecule has 0 aromatic rings. The highest BCUT2D eigenvalue weighted by Gasteiger charge is 2.38. The van der Waals surface area contributed by atoms with E-state index in [1.165, 1.54) is 4.31 Å². The minimum absolute atomic E-state index is 0.116. The van der Waals surface area contributed by atoms with Gasteiger partial charge in [0.25, 0.3) is 0 Å². The van der Waals surface area contributed by atoms with Crippen LogP contribution in [0.3, 0.4) is 0 Å². The van der Waals surface area contributed by atoms with Crippen molar-refractivity contribution in [1.29, 1.82) is 0 Å². The van der Waals surface area contributed by atoms with Gasteiger partial charge in [0, 0.05) is 13.1 Å². The minimum Gasteiger partial charge on any atom is -0.354 e. The predicted molar refractivity (Wildman–Crippen MR) is 91.6 cm³/mol. The van der Waals surface area contributed by atoms with Gasteiger partial charge < -0.3 is 10.6 Å². The summed E-state index contributed by atoms with van der Waals surface area (Å²) in [6.45, 7) is 7.24. The molecular formula is C16H31N3O3S. The fraction of sp³-hybridized carbons (Fsp3) is 0.938. The average Bonchev–Trinajstić information content (AvgIpc) is 3.02. The Kier molecular flexibility index (Phi) is 6.45. The van der Waals surface area contributed by atoms with Gasteiger partial charge in [-0.1, -0.05) is 20.3 Å². The van der Waals surface area contributed by atoms with Crippen LogP contribution in [-0.4, -0.2) is 56.6 Å². The van der Waals surface area contributed by atoms with Gasteiger partial charge in [-0.2, -0.15) is 4.31 Å². The second kappa shape index (κ2) is 7.94. The van der Waals surface area contributed by atoms with E-state index in [1.54, 1.807) is 0 Å². The summed E-state index contributed by atoms with van der Waals surface area (Å²) in [6, 6.07) is -0.512. The molecule has 1 atom stereocenters. The maximum Gasteiger partial charge on any atom is 0.238 e. The van der Waals surface area contributed by atoms with E-state index in [0.29, 0.717) is 25.9 Å². The number of hydrogen-bond donors (Lipinski definition) is 2. The van der Waals surface area contributed by atoms with E-state index in [9.17, 15) is 13.2 Å². The monoisotopic (exact) mass is 345 g/mol. The first-order valence-corrected chi connectivity index (χ1v) is 10.5. The number of nitrogens with one attached hydrogen (secondary N) is 2. The number of carbonyl (C=O) groups excluding carboxylic acids is 1. The summed E-state index contributed by atoms with van der Waals surface area (Å²) in [5, 5.41) is 6.35. The highest BCUT2D eigenvalue weighted by Crippen LogP contribution is 2.27. The molecule has 0 saturated carbocycles. The Balaban J connectivity index is 1.92. The van der Waals surface area contributed by atoms with E-state index in [-0.39, 0.29) is 17.1 Å². The van der Waals surface area contributed by atoms with Crippen molar-refractivity contribution in [2.75, 3.05) is 31.9 Å². The third-order valence-corrected chi connectivity index (χ3v) is 7.08. The third kappa shape index (κ3) is 4.90. The van der Waals surface area contributed by atoms with Crippen molar-refractivity contribution in [2.45, 2.75) is 58.4 Å². The number of sulfonamides is 1. The van der Waals surface area contributed by atoms with E-state index in [2.05, 4.69) is 17.6 Å². The first kappa shape index (κ1) is 18.7. The van der Waals surface area contributed by atoms with E-state index in [1.807, 2.05) is 6.92 Å². The molecule has 2 heterocycles. The van der Waals surface area contributed by atoms with Crippen LogP contribution in [0.15, 0.2) is 0 Å². The van der Waals surface area contributed by atoms with E-state index >= 15 is 0 Å². The lowest BCUT2D eigenvalue weighted by molar-refractivity contribution is -0.124. The summed E-state index contributed by atoms with van der Waals surface area (Å²) in [7, 11) is -3.31. The third-order valence-electron chi connectivity index (χ3n) is 5.12. The van der Waals surface area contributed by atoms with Gasteiger partial charge in [0.15, 0.2) is 0 Å². The quantitative estimate of drug-likeness (QED) is 0.724. The molecule has 7 heteroatoms. The van der Waals surface area contributed by atoms with Crippen LogP contribution in [0.1, 0.15) is 52.4 Å². The highest BCUT2D eigenvalue weighted by atomic mass is 32.2. The number of nitrogens with zero attached hydrogens (tertiary/aromatic N) is 1. The fourth-order valence-corrected chi connectivity index (χ4v) is 5.29. The van der Waals surface area contributed by atoms with Crippen molar-refractivity contribution in [3.8, 4) is 0 Å². The standard InChI is InChI=1S/C16H31N3O3S/c1-3-4-12-23(21,22)19-11-5-6-14(19)15(20)18-13-16(2)7-9-17-10-8-16/h14,17H,3-13H2,1-2H3,(H,18,20). The lowest BCUT2D eigenvalue weighted by Gasteiger charge is -2.34. The Morgan fingerprint density at radius 3 is 2.70 bits per heavy atom. The Hall–Kier alpha value is -0.660. The average molecular weight is 346 g/mol. The van der Waals surface area contributed by atoms with Gasteiger partial charge in [-0.25, -0.2) is 8.42 Å². The first-order valence-electron chi connectivity index (χ1n) is 8.86. The van der Waals surface area contributed by atoms with Crippen LogP contribution in [0.5, 0.6) is 0 Å². The van der Waals surface area contributed by atoms with Gasteiger partial charge in [-0.15, -0.1) is 0 Å². The topological polar surface area (TPSA) is 78.5 Å². The van der Waals surface area contributed by atoms with Crippen LogP contribution in [-0.2, 0) is 14.8 Å². The van der Waals surface area contributed by atoms with E-state index in [4.69, 9.17) is 0 Å². The molecule has 2 saturated heterocycles. The molecule has 0 aromatic heterocycles. The lowest BCUT2D eigenvalue weighted by atomic mass is 9.81. The molecule has 134 valence electrons. The van der Waals surface area contributed by atoms with Crippen LogP contribution in [0.2, 0.25) is 0 Å². The van der Waals surface area contributed by atoms with Gasteiger partial charge in [-0.3, -0.25) is 4.79 Å². The number of piperidine rings is 1. The van der Waals surface area contributed by atoms with Crippen molar-refractivity contribution in [1.82, 2.24) is 14.9 Å². The zero-order valence-corrected chi connectivity index (χ0v) is 15.3. The molecule has 2 aliphatic heterocycles. The first-order chi connectivity index (χ1) is 10.9. The van der Waals surface area contributed by atoms with E-state index < -0.39 is 16.1 Å². The second-order valence-corrected chi connectivity index (χ2v) is 9.26. The summed E-state index contributed by atoms with van der Waals surface area (Å²) in [4.78, 5) is 12.5. The molecule has 2 aliphatic rings. The van der Waals surface area contributed by atoms with Crippen LogP contribution in [0.25, 0.3) is 0 Å². The Morgan fingerprint density at radius 1 is 1.35 bits per heavy atom. The number of hydrogen-bond acceptors (Lipinski definition) is 4. The van der Waals surface area contributed by atoms with Gasteiger partial charge in [-0.05, 0) is 50.6 Å². The van der Waals surface area contributed by atoms with Crippen molar-refractivity contribution < 1.29 is 13.2 Å². The van der Waals surface area contributed by atoms with Crippen molar-refractivity contribution in [2.24, 2.45) is 5.41 Å². The number of amides is 1. The molecule has 0 radical (unpaired) electrons. The van der Waals surface area contributed by atoms with Gasteiger partial charge in [0.05, 0.1) is 5.75 Å². The largest absolute Gasteiger partial charge is 0.354 e. The molecule has 1 unspecified atom stereocenters. The van der Waals surface area contributed by atoms with Crippen LogP contribution in [0.4, 0.5) is 0 Å². The van der Waals surface area contributed by atoms with Gasteiger partial charge in [0.1, 0.15) is 6.04 Å². The SMILES string of the molecule is CCCCS(=O)(=O)N1CCCC1C(=O)NCC1(C)CCNCC1. The molecule has 0 bridgehead atoms. The Labute approximate surface area is 140 Å². The van der Waals surface area contributed by atoms with Gasteiger partial charge in [0.2, 0.25) is 15.9 Å². The molecule has 2 fully saturated rings. The molecular weight excluding hydrogens is 314 g/mol. The fourth-order valence-electron chi connectivity index (χ4n) is 3.40. The lowest BCUT2D eigenvalue weighted by Crippen LogP contribution is -2.50. The molecule has 0 aromatic carbocycles. The Morgan fingerprint density at radius 2 is 2.04 bits per heavy atom. The molecule has 0 aliphatic carbocycles. The number of carbonyl (C=O) groups is 1. The molecule has 2 rings (SSSR count). The van der Waals surface area contributed by atoms with Crippen LogP contribution >= 0.6 is 0 Å². The van der Waals surface area contributed by atoms with Crippen molar-refractivity contribution >= 4 is 15.9 Å². The summed E-state index contributed by atoms with van der Waals surface area (Å²) in [6.07, 6.45) is 4.97. The zero-order valence-electron chi connectivity index (χ0n) is 14.4. The number of unbranched alkanes of at least 4 members (excludes halogenated alkanes) is 1. The normalized spacial score (nSPS) is 25.4. The smallest absolute Gasteiger partial charge is 0.238 e. The number of rotatable bonds is 7. The maximum absolute atomic E-state index is 12.5. The van der Waals surface area contributed by atoms with Crippen LogP contribution in [0, 0.1) is 5.41 Å². The maximum atomic E-state index is 12.5. The highest BCUT2D eigenvalue weighted by molar-refractivity contribution is 7.89. The predicted octanol–water partition coefficient (Wildman–Crippen LogP) is 1.09. The second-order valence-electron chi connectivity index (χ2n) is 7.22. The molecule has 1 amide bonds. The minimum atomic E-state index is -3.31. The Bertz CT molecular complexity index is 501. The molecule has 23 heavy (non-hydrogen) atoms. The van der Waals surface area contributed by atoms with E-state index in [0.717, 1.165) is 38.8 Å². The molecule has 6 nitrogen and oxygen atoms in total. The molecule has 2 N–H and O–H groups in total. The summed E-state index contributed by atoms with van der Waals surface area (Å²) in [5.41, 5.74) is 0.116. The van der Waals surface area contributed by atoms with Gasteiger partial charge >= 0.3 is 0 Å². The summed E-state index contributed by atoms with van der Waals surface area (Å²) in [5.74, 6) is 0.0266.